The number of ether oxygens (including phenoxy) is 2. The highest BCUT2D eigenvalue weighted by atomic mass is 31.2. The first kappa shape index (κ1) is 55.8. The highest BCUT2D eigenvalue weighted by Crippen LogP contribution is 2.51. The van der Waals surface area contributed by atoms with Gasteiger partial charge in [0.25, 0.3) is 19.4 Å². The molecular formula is C53H72N5O12PSi2. The molecule has 394 valence electrons. The molecule has 7 rings (SSSR count). The maximum Gasteiger partial charge on any atom is 0.333 e. The highest BCUT2D eigenvalue weighted by molar-refractivity contribution is 7.41. The van der Waals surface area contributed by atoms with Crippen molar-refractivity contribution in [3.8, 4) is 0 Å². The molecule has 0 bridgehead atoms. The summed E-state index contributed by atoms with van der Waals surface area (Å²) in [7, 11) is -6.31. The fourth-order valence-electron chi connectivity index (χ4n) is 9.08. The Morgan fingerprint density at radius 1 is 0.726 bits per heavy atom. The third-order valence-corrected chi connectivity index (χ3v) is 25.1. The summed E-state index contributed by atoms with van der Waals surface area (Å²) in [5.41, 5.74) is -0.794. The minimum absolute atomic E-state index is 0.0348. The van der Waals surface area contributed by atoms with E-state index >= 15 is 0 Å². The quantitative estimate of drug-likeness (QED) is 0.0630. The number of likely N-dealkylation sites (N-methyl/N-ethyl adjacent to an activating group) is 1. The topological polar surface area (TPSA) is 195 Å². The van der Waals surface area contributed by atoms with Crippen LogP contribution < -0.4 is 32.9 Å². The molecule has 4 heterocycles. The molecule has 73 heavy (non-hydrogen) atoms. The van der Waals surface area contributed by atoms with E-state index in [-0.39, 0.29) is 48.6 Å². The van der Waals surface area contributed by atoms with Crippen LogP contribution in [0.4, 0.5) is 0 Å². The number of H-pyrrole nitrogens is 2. The molecule has 3 aromatic carbocycles. The first-order chi connectivity index (χ1) is 34.4. The van der Waals surface area contributed by atoms with Crippen LogP contribution in [0.3, 0.4) is 0 Å². The van der Waals surface area contributed by atoms with E-state index in [1.807, 2.05) is 66.7 Å². The lowest BCUT2D eigenvalue weighted by Gasteiger charge is -2.43. The minimum Gasteiger partial charge on any atom is -0.411 e. The molecule has 0 radical (unpaired) electrons. The number of carbonyl (C=O) groups is 1. The smallest absolute Gasteiger partial charge is 0.333 e. The average Bonchev–Trinajstić information content (AvgIpc) is 3.93. The van der Waals surface area contributed by atoms with Gasteiger partial charge in [-0.25, -0.2) is 9.59 Å². The van der Waals surface area contributed by atoms with E-state index in [0.29, 0.717) is 11.1 Å². The fraction of sp³-hybridized carbons (Fsp3) is 0.491. The van der Waals surface area contributed by atoms with Crippen molar-refractivity contribution >= 4 is 41.5 Å². The molecule has 0 saturated carbocycles. The number of aromatic nitrogens is 4. The Morgan fingerprint density at radius 3 is 1.66 bits per heavy atom. The second kappa shape index (κ2) is 22.9. The summed E-state index contributed by atoms with van der Waals surface area (Å²) in [6.45, 7) is 22.1. The van der Waals surface area contributed by atoms with Crippen molar-refractivity contribution in [2.75, 3.05) is 26.8 Å². The zero-order chi connectivity index (χ0) is 53.0. The Kier molecular flexibility index (Phi) is 17.5. The van der Waals surface area contributed by atoms with Crippen LogP contribution in [0, 0.1) is 13.8 Å². The molecule has 20 heteroatoms. The monoisotopic (exact) mass is 1060 g/mol. The number of nitrogens with one attached hydrogen (secondary N) is 2. The van der Waals surface area contributed by atoms with Gasteiger partial charge in [-0.05, 0) is 53.0 Å². The number of nitrogens with zero attached hydrogens (tertiary/aromatic N) is 3. The molecule has 2 saturated heterocycles. The summed E-state index contributed by atoms with van der Waals surface area (Å²) in [5.74, 6) is -0.173. The summed E-state index contributed by atoms with van der Waals surface area (Å²) >= 11 is 0. The molecule has 5 aromatic rings. The normalized spacial score (nSPS) is 21.5. The van der Waals surface area contributed by atoms with Crippen LogP contribution in [-0.2, 0) is 36.7 Å². The molecule has 1 amide bonds. The number of hydrogen-bond acceptors (Lipinski definition) is 12. The van der Waals surface area contributed by atoms with E-state index in [1.165, 1.54) is 28.5 Å². The van der Waals surface area contributed by atoms with Crippen LogP contribution in [0.2, 0.25) is 23.2 Å². The predicted molar refractivity (Wildman–Crippen MR) is 286 cm³/mol. The predicted octanol–water partition coefficient (Wildman–Crippen LogP) is 7.11. The van der Waals surface area contributed by atoms with Crippen LogP contribution in [-0.4, -0.2) is 97.8 Å². The first-order valence-electron chi connectivity index (χ1n) is 24.8. The lowest BCUT2D eigenvalue weighted by atomic mass is 10.1. The van der Waals surface area contributed by atoms with E-state index in [2.05, 4.69) is 88.9 Å². The third-order valence-electron chi connectivity index (χ3n) is 14.3. The molecule has 2 N–H and O–H groups in total. The lowest BCUT2D eigenvalue weighted by molar-refractivity contribution is -0.128. The molecule has 0 unspecified atom stereocenters. The summed E-state index contributed by atoms with van der Waals surface area (Å²) in [6.07, 6.45) is -1.96. The summed E-state index contributed by atoms with van der Waals surface area (Å²) in [4.78, 5) is 71.0. The average molecular weight is 1060 g/mol. The first-order valence-corrected chi connectivity index (χ1v) is 30.7. The zero-order valence-electron chi connectivity index (χ0n) is 44.1. The van der Waals surface area contributed by atoms with Crippen LogP contribution in [0.1, 0.15) is 96.6 Å². The standard InChI is InChI=1S/C53H72N5O12PSi2/c1-35-30-57(50(62)54-48(35)60)46-28-41(45(67-46)34-65-73(53(7,8)9,39-24-18-14-19-25-39)40-26-20-15-21-27-40)68-71(69-43(32-56(10)37(3)59)38-22-16-13-17-23-38)64-33-44-42(70-72(11,12)52(4,5)6)29-47(66-44)58-31-36(2)49(61)55-51(58)63/h13-27,30-31,41-47H,28-29,32-34H2,1-12H3,(H,54,60,62)(H,55,61,63)/t41-,42-,43-,44+,45+,46+,47+,71+/m0/s1. The number of hydrogen-bond donors (Lipinski definition) is 2. The number of amides is 1. The Labute approximate surface area is 430 Å². The lowest BCUT2D eigenvalue weighted by Crippen LogP contribution is -2.67. The summed E-state index contributed by atoms with van der Waals surface area (Å²) in [5, 5.41) is 1.56. The van der Waals surface area contributed by atoms with Crippen molar-refractivity contribution in [3.05, 3.63) is 162 Å². The Hall–Kier alpha value is -4.93. The van der Waals surface area contributed by atoms with Crippen LogP contribution >= 0.6 is 8.60 Å². The van der Waals surface area contributed by atoms with Gasteiger partial charge in [-0.15, -0.1) is 0 Å². The third kappa shape index (κ3) is 12.8. The molecule has 2 aromatic heterocycles. The Bertz CT molecular complexity index is 2870. The van der Waals surface area contributed by atoms with Gasteiger partial charge in [0.2, 0.25) is 5.91 Å². The van der Waals surface area contributed by atoms with E-state index in [9.17, 15) is 24.0 Å². The van der Waals surface area contributed by atoms with Crippen molar-refractivity contribution in [2.24, 2.45) is 0 Å². The highest BCUT2D eigenvalue weighted by Gasteiger charge is 2.52. The van der Waals surface area contributed by atoms with Gasteiger partial charge in [0.05, 0.1) is 32.0 Å². The fourth-order valence-corrected chi connectivity index (χ4v) is 16.3. The summed E-state index contributed by atoms with van der Waals surface area (Å²) in [6, 6.07) is 29.9. The van der Waals surface area contributed by atoms with E-state index in [4.69, 9.17) is 31.9 Å². The maximum absolute atomic E-state index is 13.5. The number of benzene rings is 3. The SMILES string of the molecule is CC(=O)N(C)C[C@H](O[P@](OC[C@H]1O[C@@H](n2cc(C)c(=O)[nH]c2=O)C[C@@H]1O[Si](C)(C)C(C)(C)C)O[C@H]1C[C@H](n2cc(C)c(=O)[nH]c2=O)O[C@@H]1CO[Si](c1ccccc1)(c1ccccc1)C(C)(C)C)c1ccccc1. The molecule has 2 aliphatic heterocycles. The van der Waals surface area contributed by atoms with Crippen molar-refractivity contribution in [2.45, 2.75) is 141 Å². The van der Waals surface area contributed by atoms with Gasteiger partial charge < -0.3 is 36.8 Å². The minimum atomic E-state index is -3.15. The number of rotatable bonds is 19. The molecule has 2 fully saturated rings. The summed E-state index contributed by atoms with van der Waals surface area (Å²) < 4.78 is 51.6. The van der Waals surface area contributed by atoms with E-state index in [1.54, 1.807) is 25.8 Å². The van der Waals surface area contributed by atoms with Crippen molar-refractivity contribution in [1.82, 2.24) is 24.0 Å². The van der Waals surface area contributed by atoms with E-state index in [0.717, 1.165) is 15.9 Å². The second-order valence-electron chi connectivity index (χ2n) is 21.6. The van der Waals surface area contributed by atoms with Gasteiger partial charge in [0.1, 0.15) is 30.8 Å². The van der Waals surface area contributed by atoms with Crippen LogP contribution in [0.15, 0.2) is 123 Å². The Morgan fingerprint density at radius 2 is 1.19 bits per heavy atom. The van der Waals surface area contributed by atoms with Gasteiger partial charge in [-0.1, -0.05) is 133 Å². The van der Waals surface area contributed by atoms with Gasteiger partial charge in [0, 0.05) is 50.3 Å². The molecule has 0 aliphatic carbocycles. The number of aromatic amines is 2. The van der Waals surface area contributed by atoms with Crippen molar-refractivity contribution in [1.29, 1.82) is 0 Å². The van der Waals surface area contributed by atoms with Gasteiger partial charge in [0.15, 0.2) is 8.32 Å². The molecular weight excluding hydrogens is 986 g/mol. The van der Waals surface area contributed by atoms with Gasteiger partial charge in [-0.3, -0.25) is 33.5 Å². The largest absolute Gasteiger partial charge is 0.411 e. The van der Waals surface area contributed by atoms with Crippen LogP contribution in [0.5, 0.6) is 0 Å². The molecule has 0 spiro atoms. The Balaban J connectivity index is 1.29. The van der Waals surface area contributed by atoms with E-state index < -0.39 is 90.7 Å². The molecule has 8 atom stereocenters. The number of aryl methyl sites for hydroxylation is 2. The second-order valence-corrected chi connectivity index (χ2v) is 31.8. The van der Waals surface area contributed by atoms with Crippen LogP contribution in [0.25, 0.3) is 0 Å². The molecule has 2 aliphatic rings. The zero-order valence-corrected chi connectivity index (χ0v) is 47.0. The molecule has 17 nitrogen and oxygen atoms in total. The maximum atomic E-state index is 13.5. The van der Waals surface area contributed by atoms with Gasteiger partial charge in [-0.2, -0.15) is 0 Å². The van der Waals surface area contributed by atoms with Gasteiger partial charge >= 0.3 is 20.0 Å². The van der Waals surface area contributed by atoms with Crippen molar-refractivity contribution in [3.63, 3.8) is 0 Å². The number of carbonyl (C=O) groups excluding carboxylic acids is 1. The van der Waals surface area contributed by atoms with Crippen molar-refractivity contribution < 1.29 is 36.7 Å².